The summed E-state index contributed by atoms with van der Waals surface area (Å²) in [4.78, 5) is 16.3. The van der Waals surface area contributed by atoms with Crippen LogP contribution in [0.25, 0.3) is 21.5 Å². The lowest BCUT2D eigenvalue weighted by Crippen LogP contribution is -2.12. The number of hydrogen-bond acceptors (Lipinski definition) is 6. The van der Waals surface area contributed by atoms with E-state index < -0.39 is 0 Å². The fourth-order valence-corrected chi connectivity index (χ4v) is 7.83. The number of hydrogen-bond donors (Lipinski definition) is 0. The first-order valence-corrected chi connectivity index (χ1v) is 19.5. The molecule has 0 aliphatic heterocycles. The van der Waals surface area contributed by atoms with Crippen LogP contribution >= 0.6 is 22.7 Å². The molecule has 0 radical (unpaired) electrons. The fraction of sp³-hybridized carbons (Fsp3) is 0. The molecule has 258 valence electrons. The van der Waals surface area contributed by atoms with Gasteiger partial charge in [0.2, 0.25) is 0 Å². The van der Waals surface area contributed by atoms with Gasteiger partial charge in [-0.2, -0.15) is 0 Å². The zero-order valence-corrected chi connectivity index (χ0v) is 30.9. The highest BCUT2D eigenvalue weighted by molar-refractivity contribution is 7.12. The zero-order valence-electron chi connectivity index (χ0n) is 29.2. The third-order valence-corrected chi connectivity index (χ3v) is 10.9. The maximum atomic E-state index is 4.72. The van der Waals surface area contributed by atoms with Crippen LogP contribution < -0.4 is 9.80 Å². The van der Waals surface area contributed by atoms with Crippen LogP contribution in [0.4, 0.5) is 45.5 Å². The Kier molecular flexibility index (Phi) is 9.34. The Balaban J connectivity index is 1.09. The largest absolute Gasteiger partial charge is 0.310 e. The summed E-state index contributed by atoms with van der Waals surface area (Å²) in [5.41, 5.74) is 8.21. The van der Waals surface area contributed by atoms with Crippen molar-refractivity contribution in [1.29, 1.82) is 0 Å². The summed E-state index contributed by atoms with van der Waals surface area (Å²) in [5.74, 6) is 0. The van der Waals surface area contributed by atoms with Crippen LogP contribution in [-0.2, 0) is 0 Å². The van der Waals surface area contributed by atoms with E-state index in [9.17, 15) is 0 Å². The molecule has 0 bridgehead atoms. The van der Waals surface area contributed by atoms with Gasteiger partial charge in [-0.3, -0.25) is 9.98 Å². The maximum Gasteiger partial charge on any atom is 0.0631 e. The standard InChI is InChI=1S/C48H34N4S2/c1-3-9-37-31-45(19-13-35(37)7-1)51(41-21-15-39(16-22-41)49-33-47-11-5-29-53-47)43-25-27-44(28-26-43)52(46-20-14-36-8-2-4-10-38(36)32-46)42-23-17-40(18-24-42)50-34-48-12-6-30-54-48/h1-34H. The summed E-state index contributed by atoms with van der Waals surface area (Å²) in [5, 5.41) is 8.95. The molecule has 2 heterocycles. The second-order valence-electron chi connectivity index (χ2n) is 12.8. The van der Waals surface area contributed by atoms with Crippen molar-refractivity contribution in [3.05, 3.63) is 203 Å². The van der Waals surface area contributed by atoms with Crippen LogP contribution in [-0.4, -0.2) is 12.4 Å². The van der Waals surface area contributed by atoms with Crippen molar-refractivity contribution >= 4 is 102 Å². The Bertz CT molecular complexity index is 2510. The smallest absolute Gasteiger partial charge is 0.0631 e. The van der Waals surface area contributed by atoms with Gasteiger partial charge in [0, 0.05) is 56.3 Å². The molecule has 0 saturated carbocycles. The van der Waals surface area contributed by atoms with E-state index in [0.29, 0.717) is 0 Å². The molecule has 0 amide bonds. The van der Waals surface area contributed by atoms with E-state index in [1.807, 2.05) is 24.6 Å². The Labute approximate surface area is 322 Å². The molecule has 0 N–H and O–H groups in total. The summed E-state index contributed by atoms with van der Waals surface area (Å²) in [6.45, 7) is 0. The van der Waals surface area contributed by atoms with Crippen LogP contribution in [0.1, 0.15) is 9.75 Å². The molecular weight excluding hydrogens is 697 g/mol. The van der Waals surface area contributed by atoms with Crippen molar-refractivity contribution in [1.82, 2.24) is 0 Å². The van der Waals surface area contributed by atoms with Gasteiger partial charge in [-0.05, 0) is 141 Å². The molecule has 0 saturated heterocycles. The fourth-order valence-electron chi connectivity index (χ4n) is 6.66. The predicted molar refractivity (Wildman–Crippen MR) is 234 cm³/mol. The lowest BCUT2D eigenvalue weighted by Gasteiger charge is -2.28. The van der Waals surface area contributed by atoms with Crippen LogP contribution in [0.15, 0.2) is 203 Å². The molecule has 0 unspecified atom stereocenters. The average molecular weight is 731 g/mol. The number of fused-ring (bicyclic) bond motifs is 2. The van der Waals surface area contributed by atoms with Crippen molar-refractivity contribution < 1.29 is 0 Å². The lowest BCUT2D eigenvalue weighted by molar-refractivity contribution is 1.26. The topological polar surface area (TPSA) is 31.2 Å². The van der Waals surface area contributed by atoms with E-state index in [2.05, 4.69) is 190 Å². The van der Waals surface area contributed by atoms with Gasteiger partial charge in [-0.15, -0.1) is 22.7 Å². The molecular formula is C48H34N4S2. The molecule has 0 atom stereocenters. The van der Waals surface area contributed by atoms with Crippen LogP contribution in [0.5, 0.6) is 0 Å². The molecule has 0 spiro atoms. The summed E-state index contributed by atoms with van der Waals surface area (Å²) in [6, 6.07) is 64.3. The molecule has 7 aromatic carbocycles. The predicted octanol–water partition coefficient (Wildman–Crippen LogP) is 14.6. The number of benzene rings is 7. The van der Waals surface area contributed by atoms with Gasteiger partial charge < -0.3 is 9.80 Å². The van der Waals surface area contributed by atoms with Crippen molar-refractivity contribution in [2.45, 2.75) is 0 Å². The molecule has 9 aromatic rings. The maximum absolute atomic E-state index is 4.72. The van der Waals surface area contributed by atoms with E-state index in [1.165, 1.54) is 21.5 Å². The van der Waals surface area contributed by atoms with Crippen molar-refractivity contribution in [2.24, 2.45) is 9.98 Å². The Hall–Kier alpha value is -6.60. The first kappa shape index (κ1) is 33.3. The van der Waals surface area contributed by atoms with E-state index >= 15 is 0 Å². The van der Waals surface area contributed by atoms with Gasteiger partial charge in [0.25, 0.3) is 0 Å². The minimum Gasteiger partial charge on any atom is -0.310 e. The second kappa shape index (κ2) is 15.2. The molecule has 0 fully saturated rings. The number of nitrogens with zero attached hydrogens (tertiary/aromatic N) is 4. The lowest BCUT2D eigenvalue weighted by atomic mass is 10.1. The highest BCUT2D eigenvalue weighted by atomic mass is 32.1. The third-order valence-electron chi connectivity index (χ3n) is 9.33. The first-order valence-electron chi connectivity index (χ1n) is 17.8. The molecule has 4 nitrogen and oxygen atoms in total. The summed E-state index contributed by atoms with van der Waals surface area (Å²) >= 11 is 3.36. The van der Waals surface area contributed by atoms with E-state index in [4.69, 9.17) is 9.98 Å². The summed E-state index contributed by atoms with van der Waals surface area (Å²) in [7, 11) is 0. The van der Waals surface area contributed by atoms with Crippen molar-refractivity contribution in [3.63, 3.8) is 0 Å². The Morgan fingerprint density at radius 2 is 0.685 bits per heavy atom. The molecule has 54 heavy (non-hydrogen) atoms. The van der Waals surface area contributed by atoms with Crippen molar-refractivity contribution in [2.75, 3.05) is 9.80 Å². The van der Waals surface area contributed by atoms with E-state index in [1.54, 1.807) is 22.7 Å². The molecule has 2 aromatic heterocycles. The number of thiophene rings is 2. The van der Waals surface area contributed by atoms with Crippen LogP contribution in [0, 0.1) is 0 Å². The van der Waals surface area contributed by atoms with Crippen LogP contribution in [0.2, 0.25) is 0 Å². The molecule has 0 aliphatic carbocycles. The average Bonchev–Trinajstić information content (AvgIpc) is 3.96. The zero-order chi connectivity index (χ0) is 36.1. The molecule has 0 aliphatic rings. The third kappa shape index (κ3) is 7.21. The normalized spacial score (nSPS) is 11.6. The van der Waals surface area contributed by atoms with Gasteiger partial charge in [0.1, 0.15) is 0 Å². The monoisotopic (exact) mass is 730 g/mol. The number of anilines is 6. The SMILES string of the molecule is C(=Nc1ccc(N(c2ccc(N(c3ccc(N=Cc4cccs4)cc3)c3ccc4ccccc4c3)cc2)c2ccc3ccccc3c2)cc1)c1cccs1. The van der Waals surface area contributed by atoms with Gasteiger partial charge in [-0.25, -0.2) is 0 Å². The van der Waals surface area contributed by atoms with Gasteiger partial charge in [-0.1, -0.05) is 72.8 Å². The second-order valence-corrected chi connectivity index (χ2v) is 14.8. The van der Waals surface area contributed by atoms with Crippen molar-refractivity contribution in [3.8, 4) is 0 Å². The first-order chi connectivity index (χ1) is 26.7. The molecule has 9 rings (SSSR count). The Morgan fingerprint density at radius 3 is 1.06 bits per heavy atom. The van der Waals surface area contributed by atoms with Gasteiger partial charge >= 0.3 is 0 Å². The minimum atomic E-state index is 0.912. The highest BCUT2D eigenvalue weighted by Gasteiger charge is 2.17. The quantitative estimate of drug-likeness (QED) is 0.131. The highest BCUT2D eigenvalue weighted by Crippen LogP contribution is 2.41. The van der Waals surface area contributed by atoms with E-state index in [-0.39, 0.29) is 0 Å². The van der Waals surface area contributed by atoms with Crippen LogP contribution in [0.3, 0.4) is 0 Å². The summed E-state index contributed by atoms with van der Waals surface area (Å²) in [6.07, 6.45) is 3.85. The summed E-state index contributed by atoms with van der Waals surface area (Å²) < 4.78 is 0. The minimum absolute atomic E-state index is 0.912. The van der Waals surface area contributed by atoms with Gasteiger partial charge in [0.05, 0.1) is 11.4 Å². The molecule has 6 heteroatoms. The van der Waals surface area contributed by atoms with Gasteiger partial charge in [0.15, 0.2) is 0 Å². The number of rotatable bonds is 10. The number of aliphatic imine (C=N–C) groups is 2. The van der Waals surface area contributed by atoms with E-state index in [0.717, 1.165) is 55.3 Å². The Morgan fingerprint density at radius 1 is 0.333 bits per heavy atom.